The largest absolute Gasteiger partial charge is 0.309 e. The lowest BCUT2D eigenvalue weighted by atomic mass is 10.2. The summed E-state index contributed by atoms with van der Waals surface area (Å²) in [5.74, 6) is -0.212. The zero-order valence-electron chi connectivity index (χ0n) is 8.04. The molecule has 1 heterocycles. The van der Waals surface area contributed by atoms with E-state index >= 15 is 0 Å². The molecule has 16 heavy (non-hydrogen) atoms. The molecule has 6 nitrogen and oxygen atoms in total. The Hall–Kier alpha value is -2.02. The highest BCUT2D eigenvalue weighted by molar-refractivity contribution is 7.80. The summed E-state index contributed by atoms with van der Waals surface area (Å²) in [6.45, 7) is 0.0972. The Bertz CT molecular complexity index is 489. The summed E-state index contributed by atoms with van der Waals surface area (Å²) in [5, 5.41) is 13.3. The fourth-order valence-electron chi connectivity index (χ4n) is 1.42. The molecule has 0 unspecified atom stereocenters. The molecule has 1 aromatic carbocycles. The number of anilines is 1. The van der Waals surface area contributed by atoms with Gasteiger partial charge in [0.25, 0.3) is 5.69 Å². The number of nitrogens with one attached hydrogen (secondary N) is 1. The van der Waals surface area contributed by atoms with Gasteiger partial charge in [-0.2, -0.15) is 0 Å². The number of rotatable bonds is 2. The second kappa shape index (κ2) is 3.86. The molecule has 1 aromatic rings. The maximum Gasteiger partial charge on any atom is 0.271 e. The van der Waals surface area contributed by atoms with Gasteiger partial charge in [0.1, 0.15) is 6.54 Å². The van der Waals surface area contributed by atoms with Gasteiger partial charge in [-0.25, -0.2) is 0 Å². The summed E-state index contributed by atoms with van der Waals surface area (Å²) in [7, 11) is 0. The second-order valence-electron chi connectivity index (χ2n) is 3.22. The van der Waals surface area contributed by atoms with E-state index in [0.717, 1.165) is 0 Å². The first-order chi connectivity index (χ1) is 7.58. The van der Waals surface area contributed by atoms with Crippen LogP contribution in [0.4, 0.5) is 11.4 Å². The number of nitro groups is 1. The van der Waals surface area contributed by atoms with Crippen LogP contribution in [0.1, 0.15) is 0 Å². The number of thiocarbonyl (C=S) groups is 1. The van der Waals surface area contributed by atoms with E-state index in [1.165, 1.54) is 17.0 Å². The molecule has 1 amide bonds. The van der Waals surface area contributed by atoms with E-state index in [1.54, 1.807) is 12.1 Å². The third kappa shape index (κ3) is 1.84. The summed E-state index contributed by atoms with van der Waals surface area (Å²) in [4.78, 5) is 22.7. The van der Waals surface area contributed by atoms with Crippen LogP contribution in [0.5, 0.6) is 0 Å². The van der Waals surface area contributed by atoms with Crippen molar-refractivity contribution in [3.05, 3.63) is 34.4 Å². The van der Waals surface area contributed by atoms with Crippen LogP contribution in [-0.2, 0) is 4.79 Å². The number of nitro benzene ring substituents is 1. The summed E-state index contributed by atoms with van der Waals surface area (Å²) in [5.41, 5.74) is 0.511. The third-order valence-corrected chi connectivity index (χ3v) is 2.47. The normalized spacial score (nSPS) is 15.1. The van der Waals surface area contributed by atoms with Crippen molar-refractivity contribution >= 4 is 34.6 Å². The molecular weight excluding hydrogens is 230 g/mol. The van der Waals surface area contributed by atoms with Gasteiger partial charge in [0.2, 0.25) is 5.91 Å². The summed E-state index contributed by atoms with van der Waals surface area (Å²) >= 11 is 4.93. The lowest BCUT2D eigenvalue weighted by Crippen LogP contribution is -2.27. The second-order valence-corrected chi connectivity index (χ2v) is 3.60. The number of hydrogen-bond acceptors (Lipinski definition) is 4. The Morgan fingerprint density at radius 2 is 2.25 bits per heavy atom. The molecule has 0 aliphatic carbocycles. The minimum absolute atomic E-state index is 0.0281. The molecule has 0 atom stereocenters. The van der Waals surface area contributed by atoms with Gasteiger partial charge in [0.15, 0.2) is 5.11 Å². The van der Waals surface area contributed by atoms with Crippen molar-refractivity contribution < 1.29 is 9.72 Å². The van der Waals surface area contributed by atoms with E-state index in [0.29, 0.717) is 5.69 Å². The Labute approximate surface area is 96.0 Å². The number of carbonyl (C=O) groups excluding carboxylic acids is 1. The van der Waals surface area contributed by atoms with Crippen molar-refractivity contribution in [3.63, 3.8) is 0 Å². The van der Waals surface area contributed by atoms with Gasteiger partial charge in [-0.15, -0.1) is 0 Å². The SMILES string of the molecule is O=C1CN(c2cccc([N+](=O)[O-])c2)C(=S)N1. The molecule has 1 N–H and O–H groups in total. The maximum absolute atomic E-state index is 11.1. The first-order valence-corrected chi connectivity index (χ1v) is 4.84. The van der Waals surface area contributed by atoms with Crippen LogP contribution in [0, 0.1) is 10.1 Å². The predicted molar refractivity (Wildman–Crippen MR) is 61.2 cm³/mol. The van der Waals surface area contributed by atoms with Crippen molar-refractivity contribution in [1.82, 2.24) is 5.32 Å². The molecule has 0 aromatic heterocycles. The Kier molecular flexibility index (Phi) is 2.53. The number of carbonyl (C=O) groups is 1. The number of amides is 1. The Morgan fingerprint density at radius 3 is 2.81 bits per heavy atom. The molecule has 0 spiro atoms. The maximum atomic E-state index is 11.1. The number of non-ortho nitro benzene ring substituents is 1. The first-order valence-electron chi connectivity index (χ1n) is 4.44. The average molecular weight is 237 g/mol. The lowest BCUT2D eigenvalue weighted by molar-refractivity contribution is -0.384. The summed E-state index contributed by atoms with van der Waals surface area (Å²) in [6.07, 6.45) is 0. The van der Waals surface area contributed by atoms with Crippen molar-refractivity contribution in [1.29, 1.82) is 0 Å². The molecule has 0 bridgehead atoms. The first kappa shape index (κ1) is 10.5. The molecule has 1 aliphatic rings. The Morgan fingerprint density at radius 1 is 1.50 bits per heavy atom. The van der Waals surface area contributed by atoms with Gasteiger partial charge in [0, 0.05) is 12.1 Å². The van der Waals surface area contributed by atoms with Gasteiger partial charge in [-0.05, 0) is 18.3 Å². The van der Waals surface area contributed by atoms with Gasteiger partial charge in [-0.3, -0.25) is 14.9 Å². The van der Waals surface area contributed by atoms with E-state index in [9.17, 15) is 14.9 Å². The third-order valence-electron chi connectivity index (χ3n) is 2.15. The van der Waals surface area contributed by atoms with Crippen LogP contribution >= 0.6 is 12.2 Å². The zero-order valence-corrected chi connectivity index (χ0v) is 8.86. The van der Waals surface area contributed by atoms with Crippen molar-refractivity contribution in [2.75, 3.05) is 11.4 Å². The van der Waals surface area contributed by atoms with E-state index in [-0.39, 0.29) is 23.3 Å². The van der Waals surface area contributed by atoms with Crippen molar-refractivity contribution in [2.45, 2.75) is 0 Å². The molecule has 0 saturated carbocycles. The number of nitrogens with zero attached hydrogens (tertiary/aromatic N) is 2. The van der Waals surface area contributed by atoms with Crippen LogP contribution in [-0.4, -0.2) is 22.5 Å². The molecule has 1 fully saturated rings. The summed E-state index contributed by atoms with van der Waals surface area (Å²) < 4.78 is 0. The van der Waals surface area contributed by atoms with Crippen LogP contribution in [0.25, 0.3) is 0 Å². The highest BCUT2D eigenvalue weighted by Crippen LogP contribution is 2.22. The minimum atomic E-state index is -0.488. The van der Waals surface area contributed by atoms with Crippen LogP contribution in [0.3, 0.4) is 0 Å². The predicted octanol–water partition coefficient (Wildman–Crippen LogP) is 0.816. The fourth-order valence-corrected chi connectivity index (χ4v) is 1.71. The van der Waals surface area contributed by atoms with Gasteiger partial charge < -0.3 is 10.2 Å². The number of hydrogen-bond donors (Lipinski definition) is 1. The smallest absolute Gasteiger partial charge is 0.271 e. The van der Waals surface area contributed by atoms with Crippen molar-refractivity contribution in [3.8, 4) is 0 Å². The molecular formula is C9H7N3O3S. The van der Waals surface area contributed by atoms with E-state index in [2.05, 4.69) is 5.32 Å². The van der Waals surface area contributed by atoms with Crippen LogP contribution < -0.4 is 10.2 Å². The zero-order chi connectivity index (χ0) is 11.7. The lowest BCUT2D eigenvalue weighted by Gasteiger charge is -2.14. The molecule has 82 valence electrons. The monoisotopic (exact) mass is 237 g/mol. The molecule has 0 radical (unpaired) electrons. The van der Waals surface area contributed by atoms with E-state index in [4.69, 9.17) is 12.2 Å². The molecule has 1 saturated heterocycles. The van der Waals surface area contributed by atoms with Gasteiger partial charge in [-0.1, -0.05) is 6.07 Å². The molecule has 2 rings (SSSR count). The molecule has 7 heteroatoms. The quantitative estimate of drug-likeness (QED) is 0.468. The van der Waals surface area contributed by atoms with Crippen molar-refractivity contribution in [2.24, 2.45) is 0 Å². The summed E-state index contributed by atoms with van der Waals surface area (Å²) in [6, 6.07) is 5.99. The Balaban J connectivity index is 2.34. The standard InChI is InChI=1S/C9H7N3O3S/c13-8-5-11(9(16)10-8)6-2-1-3-7(4-6)12(14)15/h1-4H,5H2,(H,10,13,16). The van der Waals surface area contributed by atoms with E-state index in [1.807, 2.05) is 0 Å². The number of benzene rings is 1. The van der Waals surface area contributed by atoms with Gasteiger partial charge in [0.05, 0.1) is 10.6 Å². The topological polar surface area (TPSA) is 75.5 Å². The van der Waals surface area contributed by atoms with E-state index < -0.39 is 4.92 Å². The fraction of sp³-hybridized carbons (Fsp3) is 0.111. The molecule has 1 aliphatic heterocycles. The van der Waals surface area contributed by atoms with Crippen LogP contribution in [0.15, 0.2) is 24.3 Å². The van der Waals surface area contributed by atoms with Gasteiger partial charge >= 0.3 is 0 Å². The van der Waals surface area contributed by atoms with Crippen LogP contribution in [0.2, 0.25) is 0 Å². The highest BCUT2D eigenvalue weighted by atomic mass is 32.1. The highest BCUT2D eigenvalue weighted by Gasteiger charge is 2.25. The average Bonchev–Trinajstić information content (AvgIpc) is 2.58. The minimum Gasteiger partial charge on any atom is -0.309 e.